The molecule has 0 aliphatic heterocycles. The summed E-state index contributed by atoms with van der Waals surface area (Å²) in [6.07, 6.45) is 0. The highest BCUT2D eigenvalue weighted by Crippen LogP contribution is 2.25. The fourth-order valence-corrected chi connectivity index (χ4v) is 1.84. The number of hydrogen-bond donors (Lipinski definition) is 1. The van der Waals surface area contributed by atoms with Gasteiger partial charge in [0.15, 0.2) is 0 Å². The van der Waals surface area contributed by atoms with Gasteiger partial charge in [-0.2, -0.15) is 4.98 Å². The Labute approximate surface area is 101 Å². The molecule has 0 fully saturated rings. The van der Waals surface area contributed by atoms with E-state index in [4.69, 9.17) is 14.9 Å². The predicted molar refractivity (Wildman–Crippen MR) is 62.7 cm³/mol. The Morgan fingerprint density at radius 2 is 2.35 bits per heavy atom. The molecular formula is C10H11N3O3S. The van der Waals surface area contributed by atoms with E-state index in [1.807, 2.05) is 6.92 Å². The number of carbonyl (C=O) groups excluding carboxylic acids is 1. The molecule has 0 radical (unpaired) electrons. The third-order valence-corrected chi connectivity index (χ3v) is 2.73. The first-order valence-corrected chi connectivity index (χ1v) is 5.85. The maximum Gasteiger partial charge on any atom is 0.362 e. The Kier molecular flexibility index (Phi) is 3.10. The molecule has 0 saturated carbocycles. The average Bonchev–Trinajstić information content (AvgIpc) is 2.85. The van der Waals surface area contributed by atoms with Crippen LogP contribution in [0, 0.1) is 6.92 Å². The fourth-order valence-electron chi connectivity index (χ4n) is 1.25. The number of rotatable bonds is 3. The minimum atomic E-state index is -0.591. The molecule has 2 N–H and O–H groups in total. The normalized spacial score (nSPS) is 10.5. The van der Waals surface area contributed by atoms with Gasteiger partial charge in [-0.15, -0.1) is 11.3 Å². The summed E-state index contributed by atoms with van der Waals surface area (Å²) in [4.78, 5) is 19.7. The van der Waals surface area contributed by atoms with Crippen LogP contribution in [0.1, 0.15) is 22.4 Å². The highest BCUT2D eigenvalue weighted by atomic mass is 32.1. The van der Waals surface area contributed by atoms with E-state index in [9.17, 15) is 4.79 Å². The lowest BCUT2D eigenvalue weighted by molar-refractivity contribution is 0.0521. The molecule has 2 heterocycles. The molecule has 0 amide bonds. The zero-order valence-electron chi connectivity index (χ0n) is 9.39. The Bertz CT molecular complexity index is 547. The van der Waals surface area contributed by atoms with Crippen LogP contribution in [0.4, 0.5) is 5.88 Å². The largest absolute Gasteiger partial charge is 0.461 e. The second-order valence-electron chi connectivity index (χ2n) is 3.20. The molecule has 0 atom stereocenters. The van der Waals surface area contributed by atoms with E-state index in [0.29, 0.717) is 5.69 Å². The fraction of sp³-hybridized carbons (Fsp3) is 0.300. The Morgan fingerprint density at radius 3 is 2.94 bits per heavy atom. The van der Waals surface area contributed by atoms with Crippen molar-refractivity contribution in [3.8, 4) is 11.6 Å². The summed E-state index contributed by atoms with van der Waals surface area (Å²) in [7, 11) is 0. The van der Waals surface area contributed by atoms with Crippen LogP contribution in [0.25, 0.3) is 11.6 Å². The van der Waals surface area contributed by atoms with Gasteiger partial charge in [0.05, 0.1) is 11.6 Å². The van der Waals surface area contributed by atoms with Gasteiger partial charge in [0, 0.05) is 5.38 Å². The quantitative estimate of drug-likeness (QED) is 0.839. The van der Waals surface area contributed by atoms with Crippen molar-refractivity contribution in [2.45, 2.75) is 13.8 Å². The smallest absolute Gasteiger partial charge is 0.362 e. The predicted octanol–water partition coefficient (Wildman–Crippen LogP) is 1.87. The van der Waals surface area contributed by atoms with E-state index in [1.54, 1.807) is 12.3 Å². The molecule has 7 heteroatoms. The minimum Gasteiger partial charge on any atom is -0.461 e. The van der Waals surface area contributed by atoms with Crippen molar-refractivity contribution in [3.05, 3.63) is 16.1 Å². The van der Waals surface area contributed by atoms with E-state index in [2.05, 4.69) is 9.97 Å². The van der Waals surface area contributed by atoms with Crippen LogP contribution in [0.2, 0.25) is 0 Å². The topological polar surface area (TPSA) is 91.2 Å². The number of oxazole rings is 1. The van der Waals surface area contributed by atoms with Crippen LogP contribution in [-0.2, 0) is 4.74 Å². The zero-order valence-corrected chi connectivity index (χ0v) is 10.2. The number of nitrogens with zero attached hydrogens (tertiary/aromatic N) is 2. The first-order chi connectivity index (χ1) is 8.11. The van der Waals surface area contributed by atoms with Gasteiger partial charge in [-0.1, -0.05) is 0 Å². The van der Waals surface area contributed by atoms with Gasteiger partial charge >= 0.3 is 5.97 Å². The van der Waals surface area contributed by atoms with Crippen molar-refractivity contribution in [2.24, 2.45) is 0 Å². The van der Waals surface area contributed by atoms with Crippen molar-refractivity contribution >= 4 is 23.2 Å². The highest BCUT2D eigenvalue weighted by molar-refractivity contribution is 7.09. The van der Waals surface area contributed by atoms with Gasteiger partial charge < -0.3 is 14.9 Å². The number of ether oxygens (including phenoxy) is 1. The molecule has 90 valence electrons. The van der Waals surface area contributed by atoms with Crippen LogP contribution in [0.15, 0.2) is 9.80 Å². The Morgan fingerprint density at radius 1 is 1.59 bits per heavy atom. The van der Waals surface area contributed by atoms with Crippen LogP contribution in [0.5, 0.6) is 0 Å². The van der Waals surface area contributed by atoms with Gasteiger partial charge in [-0.25, -0.2) is 9.78 Å². The van der Waals surface area contributed by atoms with Crippen molar-refractivity contribution in [3.63, 3.8) is 0 Å². The van der Waals surface area contributed by atoms with Crippen LogP contribution in [0.3, 0.4) is 0 Å². The molecule has 0 unspecified atom stereocenters. The van der Waals surface area contributed by atoms with Gasteiger partial charge in [0.1, 0.15) is 5.69 Å². The molecule has 2 rings (SSSR count). The van der Waals surface area contributed by atoms with E-state index >= 15 is 0 Å². The first-order valence-electron chi connectivity index (χ1n) is 4.97. The maximum absolute atomic E-state index is 11.5. The second kappa shape index (κ2) is 4.54. The molecule has 0 spiro atoms. The number of aromatic nitrogens is 2. The summed E-state index contributed by atoms with van der Waals surface area (Å²) in [6.45, 7) is 3.84. The summed E-state index contributed by atoms with van der Waals surface area (Å²) in [5.74, 6) is -0.411. The number of anilines is 1. The van der Waals surface area contributed by atoms with Crippen LogP contribution < -0.4 is 5.73 Å². The summed E-state index contributed by atoms with van der Waals surface area (Å²) < 4.78 is 10.00. The molecule has 2 aromatic rings. The average molecular weight is 253 g/mol. The SMILES string of the molecule is CCOC(=O)c1nc(-c2csc(C)n2)oc1N. The first kappa shape index (κ1) is 11.6. The molecule has 6 nitrogen and oxygen atoms in total. The van der Waals surface area contributed by atoms with Crippen molar-refractivity contribution in [1.82, 2.24) is 9.97 Å². The lowest BCUT2D eigenvalue weighted by Gasteiger charge is -1.96. The number of thiazole rings is 1. The number of nitrogen functional groups attached to an aromatic ring is 1. The van der Waals surface area contributed by atoms with Gasteiger partial charge in [0.2, 0.25) is 17.5 Å². The Balaban J connectivity index is 2.33. The standard InChI is InChI=1S/C10H11N3O3S/c1-3-15-10(14)7-8(11)16-9(13-7)6-4-17-5(2)12-6/h4H,3,11H2,1-2H3. The molecule has 0 saturated heterocycles. The summed E-state index contributed by atoms with van der Waals surface area (Å²) in [5.41, 5.74) is 6.12. The third kappa shape index (κ3) is 2.28. The van der Waals surface area contributed by atoms with Crippen molar-refractivity contribution < 1.29 is 13.9 Å². The number of aryl methyl sites for hydroxylation is 1. The molecule has 2 aromatic heterocycles. The summed E-state index contributed by atoms with van der Waals surface area (Å²) >= 11 is 1.46. The molecular weight excluding hydrogens is 242 g/mol. The molecule has 0 bridgehead atoms. The van der Waals surface area contributed by atoms with E-state index in [-0.39, 0.29) is 24.1 Å². The number of nitrogens with two attached hydrogens (primary N) is 1. The summed E-state index contributed by atoms with van der Waals surface area (Å²) in [6, 6.07) is 0. The molecule has 0 aliphatic carbocycles. The number of carbonyl (C=O) groups is 1. The number of esters is 1. The monoisotopic (exact) mass is 253 g/mol. The van der Waals surface area contributed by atoms with E-state index in [0.717, 1.165) is 5.01 Å². The molecule has 0 aromatic carbocycles. The zero-order chi connectivity index (χ0) is 12.4. The van der Waals surface area contributed by atoms with Gasteiger partial charge in [0.25, 0.3) is 0 Å². The van der Waals surface area contributed by atoms with Crippen molar-refractivity contribution in [1.29, 1.82) is 0 Å². The minimum absolute atomic E-state index is 0.00694. The Hall–Kier alpha value is -1.89. The lowest BCUT2D eigenvalue weighted by Crippen LogP contribution is -2.07. The van der Waals surface area contributed by atoms with Crippen LogP contribution >= 0.6 is 11.3 Å². The third-order valence-electron chi connectivity index (χ3n) is 1.96. The second-order valence-corrected chi connectivity index (χ2v) is 4.27. The van der Waals surface area contributed by atoms with Crippen molar-refractivity contribution in [2.75, 3.05) is 12.3 Å². The highest BCUT2D eigenvalue weighted by Gasteiger charge is 2.20. The van der Waals surface area contributed by atoms with Crippen LogP contribution in [-0.4, -0.2) is 22.5 Å². The molecule has 0 aliphatic rings. The number of hydrogen-bond acceptors (Lipinski definition) is 7. The lowest BCUT2D eigenvalue weighted by atomic mass is 10.4. The van der Waals surface area contributed by atoms with Gasteiger partial charge in [-0.05, 0) is 13.8 Å². The summed E-state index contributed by atoms with van der Waals surface area (Å²) in [5, 5.41) is 2.67. The van der Waals surface area contributed by atoms with E-state index < -0.39 is 5.97 Å². The van der Waals surface area contributed by atoms with Gasteiger partial charge in [-0.3, -0.25) is 0 Å². The molecule has 17 heavy (non-hydrogen) atoms. The maximum atomic E-state index is 11.5. The van der Waals surface area contributed by atoms with E-state index in [1.165, 1.54) is 11.3 Å².